The fraction of sp³-hybridized carbons (Fsp3) is 0. The molecular formula is C48H32N2OS. The maximum atomic E-state index is 6.91. The van der Waals surface area contributed by atoms with Crippen LogP contribution in [0.15, 0.2) is 199 Å². The number of anilines is 6. The molecule has 0 saturated heterocycles. The number of rotatable bonds is 7. The summed E-state index contributed by atoms with van der Waals surface area (Å²) in [4.78, 5) is 4.66. The Kier molecular flexibility index (Phi) is 7.33. The normalized spacial score (nSPS) is 11.5. The Morgan fingerprint density at radius 1 is 0.365 bits per heavy atom. The van der Waals surface area contributed by atoms with Gasteiger partial charge in [0.05, 0.1) is 16.8 Å². The molecule has 0 saturated carbocycles. The van der Waals surface area contributed by atoms with Gasteiger partial charge in [0.1, 0.15) is 5.58 Å². The summed E-state index contributed by atoms with van der Waals surface area (Å²) in [6, 6.07) is 68.9. The van der Waals surface area contributed by atoms with Gasteiger partial charge in [-0.3, -0.25) is 0 Å². The SMILES string of the molecule is c1ccc(-c2ccc(N(c3ccccc3)c3cccc4c3oc3cccc(N(c5ccccc5)c5ccc6c(c5)sc5ccccc56)c34)cc2)cc1. The second-order valence-electron chi connectivity index (χ2n) is 12.9. The standard InChI is InChI=1S/C48H32N2OS/c1-4-14-33(15-5-1)34-26-28-37(29-27-34)49(35-16-6-2-7-17-35)43-23-12-21-41-47-42(22-13-24-44(47)51-48(41)43)50(36-18-8-3-9-19-36)38-30-31-40-39-20-10-11-25-45(39)52-46(40)32-38/h1-32H. The monoisotopic (exact) mass is 684 g/mol. The van der Waals surface area contributed by atoms with Crippen molar-refractivity contribution in [1.29, 1.82) is 0 Å². The minimum absolute atomic E-state index is 0.842. The zero-order valence-electron chi connectivity index (χ0n) is 28.2. The van der Waals surface area contributed by atoms with Crippen molar-refractivity contribution in [1.82, 2.24) is 0 Å². The highest BCUT2D eigenvalue weighted by atomic mass is 32.1. The highest BCUT2D eigenvalue weighted by Gasteiger charge is 2.23. The molecule has 0 unspecified atom stereocenters. The average molecular weight is 685 g/mol. The molecule has 2 aromatic heterocycles. The first kappa shape index (κ1) is 30.2. The second-order valence-corrected chi connectivity index (χ2v) is 14.0. The molecule has 3 nitrogen and oxygen atoms in total. The first-order valence-electron chi connectivity index (χ1n) is 17.5. The van der Waals surface area contributed by atoms with Crippen molar-refractivity contribution in [2.75, 3.05) is 9.80 Å². The third-order valence-corrected chi connectivity index (χ3v) is 11.0. The lowest BCUT2D eigenvalue weighted by molar-refractivity contribution is 0.669. The predicted molar refractivity (Wildman–Crippen MR) is 221 cm³/mol. The predicted octanol–water partition coefficient (Wildman–Crippen LogP) is 14.6. The smallest absolute Gasteiger partial charge is 0.159 e. The Hall–Kier alpha value is -6.62. The Morgan fingerprint density at radius 2 is 0.904 bits per heavy atom. The highest BCUT2D eigenvalue weighted by molar-refractivity contribution is 7.25. The van der Waals surface area contributed by atoms with Crippen LogP contribution < -0.4 is 9.80 Å². The van der Waals surface area contributed by atoms with E-state index in [-0.39, 0.29) is 0 Å². The first-order chi connectivity index (χ1) is 25.8. The molecule has 0 amide bonds. The number of hydrogen-bond donors (Lipinski definition) is 0. The van der Waals surface area contributed by atoms with Crippen LogP contribution >= 0.6 is 11.3 Å². The zero-order valence-corrected chi connectivity index (χ0v) is 29.0. The van der Waals surface area contributed by atoms with Crippen LogP contribution in [0.1, 0.15) is 0 Å². The van der Waals surface area contributed by atoms with Gasteiger partial charge in [0, 0.05) is 48.3 Å². The van der Waals surface area contributed by atoms with Crippen molar-refractivity contribution in [2.45, 2.75) is 0 Å². The fourth-order valence-corrected chi connectivity index (χ4v) is 8.61. The van der Waals surface area contributed by atoms with Gasteiger partial charge in [-0.05, 0) is 83.9 Å². The Morgan fingerprint density at radius 3 is 1.65 bits per heavy atom. The summed E-state index contributed by atoms with van der Waals surface area (Å²) in [6.45, 7) is 0. The number of nitrogens with zero attached hydrogens (tertiary/aromatic N) is 2. The molecule has 0 N–H and O–H groups in total. The molecule has 0 spiro atoms. The van der Waals surface area contributed by atoms with Crippen LogP contribution in [0.5, 0.6) is 0 Å². The van der Waals surface area contributed by atoms with E-state index in [1.54, 1.807) is 0 Å². The van der Waals surface area contributed by atoms with Crippen LogP contribution in [-0.4, -0.2) is 0 Å². The van der Waals surface area contributed by atoms with Gasteiger partial charge in [0.25, 0.3) is 0 Å². The number of thiophene rings is 1. The van der Waals surface area contributed by atoms with Crippen molar-refractivity contribution in [2.24, 2.45) is 0 Å². The Labute approximate surface area is 305 Å². The minimum atomic E-state index is 0.842. The minimum Gasteiger partial charge on any atom is -0.454 e. The second kappa shape index (κ2) is 12.6. The number of hydrogen-bond acceptors (Lipinski definition) is 4. The molecule has 0 fully saturated rings. The van der Waals surface area contributed by atoms with Crippen LogP contribution in [0.4, 0.5) is 34.1 Å². The number of fused-ring (bicyclic) bond motifs is 6. The molecule has 0 radical (unpaired) electrons. The lowest BCUT2D eigenvalue weighted by atomic mass is 10.0. The van der Waals surface area contributed by atoms with Gasteiger partial charge in [0.2, 0.25) is 0 Å². The molecule has 0 aliphatic heterocycles. The van der Waals surface area contributed by atoms with Crippen molar-refractivity contribution in [3.05, 3.63) is 194 Å². The van der Waals surface area contributed by atoms with E-state index in [4.69, 9.17) is 4.42 Å². The van der Waals surface area contributed by atoms with Gasteiger partial charge in [-0.2, -0.15) is 0 Å². The van der Waals surface area contributed by atoms with E-state index in [1.807, 2.05) is 11.3 Å². The summed E-state index contributed by atoms with van der Waals surface area (Å²) < 4.78 is 9.47. The van der Waals surface area contributed by atoms with Crippen molar-refractivity contribution < 1.29 is 4.42 Å². The third kappa shape index (κ3) is 5.12. The van der Waals surface area contributed by atoms with E-state index in [2.05, 4.69) is 204 Å². The van der Waals surface area contributed by atoms with Crippen molar-refractivity contribution >= 4 is 87.6 Å². The molecule has 0 aliphatic carbocycles. The summed E-state index contributed by atoms with van der Waals surface area (Å²) in [7, 11) is 0. The lowest BCUT2D eigenvalue weighted by Gasteiger charge is -2.26. The van der Waals surface area contributed by atoms with Crippen molar-refractivity contribution in [3.63, 3.8) is 0 Å². The van der Waals surface area contributed by atoms with E-state index in [0.29, 0.717) is 0 Å². The fourth-order valence-electron chi connectivity index (χ4n) is 7.47. The molecule has 52 heavy (non-hydrogen) atoms. The van der Waals surface area contributed by atoms with E-state index in [0.717, 1.165) is 56.1 Å². The summed E-state index contributed by atoms with van der Waals surface area (Å²) in [5, 5.41) is 4.72. The summed E-state index contributed by atoms with van der Waals surface area (Å²) in [5.74, 6) is 0. The number of benzene rings is 8. The molecule has 0 aliphatic rings. The molecule has 0 bridgehead atoms. The largest absolute Gasteiger partial charge is 0.454 e. The van der Waals surface area contributed by atoms with Crippen LogP contribution in [0.25, 0.3) is 53.2 Å². The van der Waals surface area contributed by atoms with Gasteiger partial charge in [-0.25, -0.2) is 0 Å². The molecule has 246 valence electrons. The van der Waals surface area contributed by atoms with Gasteiger partial charge < -0.3 is 14.2 Å². The Bertz CT molecular complexity index is 2840. The Balaban J connectivity index is 1.17. The topological polar surface area (TPSA) is 19.6 Å². The maximum absolute atomic E-state index is 6.91. The summed E-state index contributed by atoms with van der Waals surface area (Å²) in [5.41, 5.74) is 10.4. The van der Waals surface area contributed by atoms with Crippen LogP contribution in [0.3, 0.4) is 0 Å². The van der Waals surface area contributed by atoms with E-state index in [9.17, 15) is 0 Å². The van der Waals surface area contributed by atoms with E-state index in [1.165, 1.54) is 31.3 Å². The van der Waals surface area contributed by atoms with Gasteiger partial charge >= 0.3 is 0 Å². The summed E-state index contributed by atoms with van der Waals surface area (Å²) in [6.07, 6.45) is 0. The molecule has 8 aromatic carbocycles. The van der Waals surface area contributed by atoms with E-state index >= 15 is 0 Å². The molecule has 0 atom stereocenters. The van der Waals surface area contributed by atoms with Gasteiger partial charge in [-0.1, -0.05) is 121 Å². The molecular weight excluding hydrogens is 653 g/mol. The van der Waals surface area contributed by atoms with Crippen LogP contribution in [0.2, 0.25) is 0 Å². The summed E-state index contributed by atoms with van der Waals surface area (Å²) >= 11 is 1.84. The highest BCUT2D eigenvalue weighted by Crippen LogP contribution is 2.48. The quantitative estimate of drug-likeness (QED) is 0.167. The number of para-hydroxylation sites is 3. The van der Waals surface area contributed by atoms with Gasteiger partial charge in [0.15, 0.2) is 5.58 Å². The number of furan rings is 1. The third-order valence-electron chi connectivity index (χ3n) is 9.84. The zero-order chi connectivity index (χ0) is 34.4. The van der Waals surface area contributed by atoms with Crippen molar-refractivity contribution in [3.8, 4) is 11.1 Å². The molecule has 4 heteroatoms. The molecule has 10 rings (SSSR count). The maximum Gasteiger partial charge on any atom is 0.159 e. The molecule has 10 aromatic rings. The van der Waals surface area contributed by atoms with E-state index < -0.39 is 0 Å². The molecule has 2 heterocycles. The van der Waals surface area contributed by atoms with Crippen LogP contribution in [-0.2, 0) is 0 Å². The van der Waals surface area contributed by atoms with Gasteiger partial charge in [-0.15, -0.1) is 11.3 Å². The first-order valence-corrected chi connectivity index (χ1v) is 18.3. The average Bonchev–Trinajstić information content (AvgIpc) is 3.79. The lowest BCUT2D eigenvalue weighted by Crippen LogP contribution is -2.10. The van der Waals surface area contributed by atoms with Crippen LogP contribution in [0, 0.1) is 0 Å².